The van der Waals surface area contributed by atoms with Gasteiger partial charge in [-0.3, -0.25) is 9.59 Å². The first kappa shape index (κ1) is 19.2. The number of benzene rings is 2. The summed E-state index contributed by atoms with van der Waals surface area (Å²) in [4.78, 5) is 23.8. The molecular weight excluding hydrogens is 448 g/mol. The average molecular weight is 462 g/mol. The van der Waals surface area contributed by atoms with Crippen LogP contribution in [0.2, 0.25) is 0 Å². The zero-order valence-corrected chi connectivity index (χ0v) is 15.0. The Kier molecular flexibility index (Phi) is 6.04. The zero-order valence-electron chi connectivity index (χ0n) is 12.8. The highest BCUT2D eigenvalue weighted by molar-refractivity contribution is 14.1. The molecule has 0 fully saturated rings. The second-order valence-electron chi connectivity index (χ2n) is 5.34. The molecule has 0 unspecified atom stereocenters. The number of hydrogen-bond acceptors (Lipinski definition) is 2. The molecule has 2 rings (SSSR count). The summed E-state index contributed by atoms with van der Waals surface area (Å²) in [6, 6.07) is 10.1. The molecule has 0 aromatic heterocycles. The van der Waals surface area contributed by atoms with E-state index < -0.39 is 29.6 Å². The minimum Gasteiger partial charge on any atom is -0.368 e. The maximum absolute atomic E-state index is 12.5. The number of amides is 2. The molecule has 0 heterocycles. The van der Waals surface area contributed by atoms with Crippen molar-refractivity contribution in [1.82, 2.24) is 5.32 Å². The predicted octanol–water partition coefficient (Wildman–Crippen LogP) is 3.14. The van der Waals surface area contributed by atoms with Crippen LogP contribution in [0.5, 0.6) is 0 Å². The summed E-state index contributed by atoms with van der Waals surface area (Å²) in [5, 5.41) is 2.46. The van der Waals surface area contributed by atoms with Crippen molar-refractivity contribution in [1.29, 1.82) is 0 Å². The smallest absolute Gasteiger partial charge is 0.368 e. The van der Waals surface area contributed by atoms with E-state index in [0.29, 0.717) is 0 Å². The van der Waals surface area contributed by atoms with E-state index in [9.17, 15) is 22.8 Å². The van der Waals surface area contributed by atoms with E-state index in [-0.39, 0.29) is 12.0 Å². The largest absolute Gasteiger partial charge is 0.416 e. The van der Waals surface area contributed by atoms with Gasteiger partial charge in [-0.1, -0.05) is 12.1 Å². The Morgan fingerprint density at radius 1 is 1.12 bits per heavy atom. The highest BCUT2D eigenvalue weighted by atomic mass is 127. The molecule has 3 N–H and O–H groups in total. The highest BCUT2D eigenvalue weighted by Crippen LogP contribution is 2.29. The Balaban J connectivity index is 2.11. The second-order valence-corrected chi connectivity index (χ2v) is 6.58. The van der Waals surface area contributed by atoms with Crippen LogP contribution in [0.25, 0.3) is 0 Å². The van der Waals surface area contributed by atoms with Gasteiger partial charge in [-0.05, 0) is 64.6 Å². The van der Waals surface area contributed by atoms with Gasteiger partial charge >= 0.3 is 6.18 Å². The van der Waals surface area contributed by atoms with Crippen LogP contribution in [0, 0.1) is 3.57 Å². The average Bonchev–Trinajstić information content (AvgIpc) is 2.53. The van der Waals surface area contributed by atoms with Crippen molar-refractivity contribution in [2.75, 3.05) is 0 Å². The third-order valence-electron chi connectivity index (χ3n) is 3.45. The van der Waals surface area contributed by atoms with Gasteiger partial charge in [0.15, 0.2) is 0 Å². The van der Waals surface area contributed by atoms with Gasteiger partial charge in [-0.25, -0.2) is 0 Å². The van der Waals surface area contributed by atoms with Crippen molar-refractivity contribution in [2.45, 2.75) is 18.6 Å². The van der Waals surface area contributed by atoms with E-state index in [2.05, 4.69) is 27.9 Å². The van der Waals surface area contributed by atoms with Crippen LogP contribution in [0.3, 0.4) is 0 Å². The number of alkyl halides is 3. The number of nitrogens with one attached hydrogen (secondary N) is 1. The Bertz CT molecular complexity index is 776. The van der Waals surface area contributed by atoms with Crippen molar-refractivity contribution in [2.24, 2.45) is 5.73 Å². The van der Waals surface area contributed by atoms with E-state index >= 15 is 0 Å². The van der Waals surface area contributed by atoms with E-state index in [4.69, 9.17) is 5.73 Å². The molecule has 0 saturated heterocycles. The minimum absolute atomic E-state index is 0.0156. The number of nitrogens with two attached hydrogens (primary N) is 1. The summed E-state index contributed by atoms with van der Waals surface area (Å²) in [6.07, 6.45) is -4.28. The van der Waals surface area contributed by atoms with Gasteiger partial charge in [-0.15, -0.1) is 0 Å². The molecular formula is C17H14F3IN2O2. The van der Waals surface area contributed by atoms with Gasteiger partial charge in [0.1, 0.15) is 6.04 Å². The van der Waals surface area contributed by atoms with E-state index in [1.165, 1.54) is 0 Å². The van der Waals surface area contributed by atoms with Gasteiger partial charge in [0.05, 0.1) is 5.56 Å². The van der Waals surface area contributed by atoms with Gasteiger partial charge < -0.3 is 11.1 Å². The first-order valence-corrected chi connectivity index (χ1v) is 8.26. The number of primary amides is 1. The van der Waals surface area contributed by atoms with Crippen LogP contribution in [0.4, 0.5) is 13.2 Å². The van der Waals surface area contributed by atoms with E-state index in [1.807, 2.05) is 18.2 Å². The standard InChI is InChI=1S/C17H14F3IN2O2/c18-17(19,20)12-6-4-11(5-7-12)16(25)23-14(15(22)24)9-10-2-1-3-13(21)8-10/h1-8,14H,9H2,(H2,22,24)(H,23,25)/t14-/m1/s1. The molecule has 2 aromatic carbocycles. The molecule has 0 aliphatic rings. The van der Waals surface area contributed by atoms with Crippen molar-refractivity contribution in [3.63, 3.8) is 0 Å². The monoisotopic (exact) mass is 462 g/mol. The summed E-state index contributed by atoms with van der Waals surface area (Å²) in [6.45, 7) is 0. The number of halogens is 4. The molecule has 0 bridgehead atoms. The molecule has 0 aliphatic heterocycles. The lowest BCUT2D eigenvalue weighted by molar-refractivity contribution is -0.137. The maximum atomic E-state index is 12.5. The third kappa shape index (κ3) is 5.45. The molecule has 0 radical (unpaired) electrons. The molecule has 0 spiro atoms. The Morgan fingerprint density at radius 2 is 1.76 bits per heavy atom. The van der Waals surface area contributed by atoms with Crippen molar-refractivity contribution < 1.29 is 22.8 Å². The molecule has 8 heteroatoms. The Labute approximate surface area is 155 Å². The number of hydrogen-bond donors (Lipinski definition) is 2. The SMILES string of the molecule is NC(=O)[C@@H](Cc1cccc(I)c1)NC(=O)c1ccc(C(F)(F)F)cc1. The topological polar surface area (TPSA) is 72.2 Å². The number of carbonyl (C=O) groups excluding carboxylic acids is 2. The van der Waals surface area contributed by atoms with Gasteiger partial charge in [0.2, 0.25) is 5.91 Å². The minimum atomic E-state index is -4.48. The van der Waals surface area contributed by atoms with Crippen LogP contribution in [-0.4, -0.2) is 17.9 Å². The van der Waals surface area contributed by atoms with Gasteiger partial charge in [0, 0.05) is 15.6 Å². The van der Waals surface area contributed by atoms with Crippen LogP contribution >= 0.6 is 22.6 Å². The molecule has 0 aliphatic carbocycles. The van der Waals surface area contributed by atoms with Crippen molar-refractivity contribution >= 4 is 34.4 Å². The van der Waals surface area contributed by atoms with Gasteiger partial charge in [-0.2, -0.15) is 13.2 Å². The van der Waals surface area contributed by atoms with Crippen molar-refractivity contribution in [3.8, 4) is 0 Å². The van der Waals surface area contributed by atoms with E-state index in [0.717, 1.165) is 33.4 Å². The Hall–Kier alpha value is -2.10. The third-order valence-corrected chi connectivity index (χ3v) is 4.12. The first-order chi connectivity index (χ1) is 11.7. The van der Waals surface area contributed by atoms with Crippen molar-refractivity contribution in [3.05, 3.63) is 68.8 Å². The fourth-order valence-electron chi connectivity index (χ4n) is 2.17. The molecule has 2 amide bonds. The normalized spacial score (nSPS) is 12.5. The van der Waals surface area contributed by atoms with E-state index in [1.54, 1.807) is 6.07 Å². The summed E-state index contributed by atoms with van der Waals surface area (Å²) in [5.41, 5.74) is 5.30. The van der Waals surface area contributed by atoms with Gasteiger partial charge in [0.25, 0.3) is 5.91 Å². The molecule has 25 heavy (non-hydrogen) atoms. The predicted molar refractivity (Wildman–Crippen MR) is 94.8 cm³/mol. The van der Waals surface area contributed by atoms with Crippen LogP contribution in [0.15, 0.2) is 48.5 Å². The summed E-state index contributed by atoms with van der Waals surface area (Å²) < 4.78 is 38.6. The second kappa shape index (κ2) is 7.85. The summed E-state index contributed by atoms with van der Waals surface area (Å²) in [7, 11) is 0. The zero-order chi connectivity index (χ0) is 18.6. The van der Waals surface area contributed by atoms with Crippen LogP contribution in [-0.2, 0) is 17.4 Å². The summed E-state index contributed by atoms with van der Waals surface area (Å²) in [5.74, 6) is -1.39. The molecule has 0 saturated carbocycles. The first-order valence-electron chi connectivity index (χ1n) is 7.18. The fraction of sp³-hybridized carbons (Fsp3) is 0.176. The Morgan fingerprint density at radius 3 is 2.28 bits per heavy atom. The lowest BCUT2D eigenvalue weighted by atomic mass is 10.0. The molecule has 1 atom stereocenters. The molecule has 132 valence electrons. The fourth-order valence-corrected chi connectivity index (χ4v) is 2.78. The lowest BCUT2D eigenvalue weighted by Crippen LogP contribution is -2.45. The summed E-state index contributed by atoms with van der Waals surface area (Å²) >= 11 is 2.12. The number of rotatable bonds is 5. The highest BCUT2D eigenvalue weighted by Gasteiger charge is 2.30. The number of carbonyl (C=O) groups is 2. The molecule has 2 aromatic rings. The molecule has 4 nitrogen and oxygen atoms in total. The van der Waals surface area contributed by atoms with Crippen LogP contribution < -0.4 is 11.1 Å². The quantitative estimate of drug-likeness (QED) is 0.671. The van der Waals surface area contributed by atoms with Crippen LogP contribution in [0.1, 0.15) is 21.5 Å². The maximum Gasteiger partial charge on any atom is 0.416 e. The lowest BCUT2D eigenvalue weighted by Gasteiger charge is -2.16.